The molecule has 0 unspecified atom stereocenters. The van der Waals surface area contributed by atoms with Crippen LogP contribution in [0.4, 0.5) is 5.69 Å². The van der Waals surface area contributed by atoms with Crippen molar-refractivity contribution in [3.8, 4) is 0 Å². The van der Waals surface area contributed by atoms with Gasteiger partial charge in [-0.2, -0.15) is 0 Å². The number of anilines is 1. The summed E-state index contributed by atoms with van der Waals surface area (Å²) in [7, 11) is -4.23. The summed E-state index contributed by atoms with van der Waals surface area (Å²) in [6, 6.07) is 29.2. The average Bonchev–Trinajstić information content (AvgIpc) is 3.56. The Kier molecular flexibility index (Phi) is 11.2. The van der Waals surface area contributed by atoms with Crippen molar-refractivity contribution in [3.63, 3.8) is 0 Å². The van der Waals surface area contributed by atoms with Crippen LogP contribution in [0.5, 0.6) is 0 Å². The molecule has 0 heterocycles. The Morgan fingerprint density at radius 1 is 0.870 bits per heavy atom. The van der Waals surface area contributed by atoms with E-state index in [4.69, 9.17) is 11.6 Å². The van der Waals surface area contributed by atoms with Crippen molar-refractivity contribution >= 4 is 55.1 Å². The number of nitrogens with one attached hydrogen (secondary N) is 1. The van der Waals surface area contributed by atoms with Crippen LogP contribution >= 0.6 is 27.5 Å². The summed E-state index contributed by atoms with van der Waals surface area (Å²) in [5.74, 6) is -0.784. The minimum Gasteiger partial charge on any atom is -0.352 e. The monoisotopic (exact) mass is 721 g/mol. The quantitative estimate of drug-likeness (QED) is 0.166. The number of hydrogen-bond donors (Lipinski definition) is 1. The summed E-state index contributed by atoms with van der Waals surface area (Å²) >= 11 is 10.0. The summed E-state index contributed by atoms with van der Waals surface area (Å²) in [5, 5.41) is 3.38. The van der Waals surface area contributed by atoms with Gasteiger partial charge in [0.05, 0.1) is 15.6 Å². The third-order valence-corrected chi connectivity index (χ3v) is 10.9. The van der Waals surface area contributed by atoms with Crippen molar-refractivity contribution in [1.29, 1.82) is 0 Å². The highest BCUT2D eigenvalue weighted by atomic mass is 79.9. The Bertz CT molecular complexity index is 1750. The fraction of sp³-hybridized carbons (Fsp3) is 0.278. The fourth-order valence-corrected chi connectivity index (χ4v) is 7.70. The van der Waals surface area contributed by atoms with E-state index >= 15 is 0 Å². The molecular weight excluding hydrogens is 686 g/mol. The molecule has 0 saturated heterocycles. The van der Waals surface area contributed by atoms with Crippen LogP contribution in [0.15, 0.2) is 112 Å². The summed E-state index contributed by atoms with van der Waals surface area (Å²) < 4.78 is 30.3. The van der Waals surface area contributed by atoms with Crippen LogP contribution in [-0.4, -0.2) is 43.8 Å². The Hall–Kier alpha value is -3.66. The number of nitrogens with zero attached hydrogens (tertiary/aromatic N) is 2. The number of amides is 2. The topological polar surface area (TPSA) is 86.8 Å². The first kappa shape index (κ1) is 33.7. The Morgan fingerprint density at radius 3 is 2.15 bits per heavy atom. The fourth-order valence-electron chi connectivity index (χ4n) is 5.71. The average molecular weight is 723 g/mol. The Balaban J connectivity index is 1.57. The SMILES string of the molecule is Cc1ccc(S(=O)(=O)N(CC(=O)N(Cc2ccc(Br)cc2)[C@@H](Cc2ccccc2)C(=O)NC2CCCC2)c2ccccc2Cl)cc1. The molecule has 7 nitrogen and oxygen atoms in total. The van der Waals surface area contributed by atoms with Crippen LogP contribution in [0.25, 0.3) is 0 Å². The van der Waals surface area contributed by atoms with E-state index in [0.29, 0.717) is 0 Å². The third-order valence-electron chi connectivity index (χ3n) is 8.25. The van der Waals surface area contributed by atoms with Gasteiger partial charge in [0.1, 0.15) is 12.6 Å². The Labute approximate surface area is 284 Å². The molecule has 1 atom stereocenters. The molecule has 240 valence electrons. The van der Waals surface area contributed by atoms with Gasteiger partial charge in [0, 0.05) is 23.5 Å². The first-order valence-corrected chi connectivity index (χ1v) is 17.9. The highest BCUT2D eigenvalue weighted by Crippen LogP contribution is 2.31. The molecule has 0 radical (unpaired) electrons. The van der Waals surface area contributed by atoms with Crippen LogP contribution in [0.2, 0.25) is 5.02 Å². The van der Waals surface area contributed by atoms with Crippen LogP contribution in [-0.2, 0) is 32.6 Å². The molecule has 1 fully saturated rings. The van der Waals surface area contributed by atoms with Gasteiger partial charge in [-0.15, -0.1) is 0 Å². The summed E-state index contributed by atoms with van der Waals surface area (Å²) in [5.41, 5.74) is 2.76. The summed E-state index contributed by atoms with van der Waals surface area (Å²) in [6.45, 7) is 1.41. The second kappa shape index (κ2) is 15.3. The maximum Gasteiger partial charge on any atom is 0.264 e. The smallest absolute Gasteiger partial charge is 0.264 e. The number of rotatable bonds is 12. The van der Waals surface area contributed by atoms with Gasteiger partial charge >= 0.3 is 0 Å². The second-order valence-electron chi connectivity index (χ2n) is 11.6. The molecule has 4 aromatic rings. The summed E-state index contributed by atoms with van der Waals surface area (Å²) in [6.07, 6.45) is 4.12. The van der Waals surface area contributed by atoms with Crippen molar-refractivity contribution in [3.05, 3.63) is 129 Å². The molecule has 0 aliphatic heterocycles. The molecule has 10 heteroatoms. The molecule has 2 amide bonds. The van der Waals surface area contributed by atoms with Crippen molar-refractivity contribution in [2.45, 2.75) is 62.6 Å². The van der Waals surface area contributed by atoms with Crippen molar-refractivity contribution in [2.24, 2.45) is 0 Å². The normalized spacial score (nSPS) is 14.1. The van der Waals surface area contributed by atoms with E-state index in [2.05, 4.69) is 21.2 Å². The predicted molar refractivity (Wildman–Crippen MR) is 186 cm³/mol. The molecule has 0 bridgehead atoms. The van der Waals surface area contributed by atoms with E-state index in [1.54, 1.807) is 36.4 Å². The van der Waals surface area contributed by atoms with Gasteiger partial charge in [-0.1, -0.05) is 113 Å². The molecule has 1 saturated carbocycles. The minimum absolute atomic E-state index is 0.0325. The van der Waals surface area contributed by atoms with Crippen molar-refractivity contribution in [1.82, 2.24) is 10.2 Å². The lowest BCUT2D eigenvalue weighted by Crippen LogP contribution is -2.54. The number of benzene rings is 4. The van der Waals surface area contributed by atoms with Gasteiger partial charge in [-0.25, -0.2) is 8.42 Å². The molecule has 46 heavy (non-hydrogen) atoms. The first-order valence-electron chi connectivity index (χ1n) is 15.3. The van der Waals surface area contributed by atoms with Gasteiger partial charge in [-0.05, 0) is 67.3 Å². The third kappa shape index (κ3) is 8.37. The lowest BCUT2D eigenvalue weighted by molar-refractivity contribution is -0.140. The van der Waals surface area contributed by atoms with Gasteiger partial charge in [-0.3, -0.25) is 13.9 Å². The maximum absolute atomic E-state index is 14.6. The number of para-hydroxylation sites is 1. The number of carbonyl (C=O) groups excluding carboxylic acids is 2. The van der Waals surface area contributed by atoms with E-state index in [-0.39, 0.29) is 40.5 Å². The largest absolute Gasteiger partial charge is 0.352 e. The Morgan fingerprint density at radius 2 is 1.50 bits per heavy atom. The molecule has 0 aromatic heterocycles. The summed E-state index contributed by atoms with van der Waals surface area (Å²) in [4.78, 5) is 30.2. The lowest BCUT2D eigenvalue weighted by Gasteiger charge is -2.34. The van der Waals surface area contributed by atoms with Crippen molar-refractivity contribution in [2.75, 3.05) is 10.8 Å². The lowest BCUT2D eigenvalue weighted by atomic mass is 10.0. The van der Waals surface area contributed by atoms with Gasteiger partial charge in [0.25, 0.3) is 10.0 Å². The van der Waals surface area contributed by atoms with E-state index in [9.17, 15) is 18.0 Å². The van der Waals surface area contributed by atoms with Gasteiger partial charge in [0.15, 0.2) is 0 Å². The zero-order chi connectivity index (χ0) is 32.7. The number of aryl methyl sites for hydroxylation is 1. The zero-order valence-electron chi connectivity index (χ0n) is 25.6. The maximum atomic E-state index is 14.6. The van der Waals surface area contributed by atoms with E-state index < -0.39 is 28.5 Å². The molecule has 1 N–H and O–H groups in total. The zero-order valence-corrected chi connectivity index (χ0v) is 28.8. The molecule has 1 aliphatic carbocycles. The number of sulfonamides is 1. The molecule has 4 aromatic carbocycles. The number of halogens is 2. The van der Waals surface area contributed by atoms with Gasteiger partial charge < -0.3 is 10.2 Å². The van der Waals surface area contributed by atoms with Crippen molar-refractivity contribution < 1.29 is 18.0 Å². The van der Waals surface area contributed by atoms with E-state index in [1.807, 2.05) is 61.5 Å². The number of carbonyl (C=O) groups is 2. The standard InChI is InChI=1S/C36H37BrClN3O4S/c1-26-15-21-31(22-16-26)46(44,45)41(33-14-8-7-13-32(33)38)25-35(42)40(24-28-17-19-29(37)20-18-28)34(23-27-9-3-2-4-10-27)36(43)39-30-11-5-6-12-30/h2-4,7-10,13-22,30,34H,5-6,11-12,23-25H2,1H3,(H,39,43)/t34-/m0/s1. The van der Waals surface area contributed by atoms with Crippen LogP contribution in [0.3, 0.4) is 0 Å². The van der Waals surface area contributed by atoms with Crippen LogP contribution in [0, 0.1) is 6.92 Å². The highest BCUT2D eigenvalue weighted by molar-refractivity contribution is 9.10. The minimum atomic E-state index is -4.23. The highest BCUT2D eigenvalue weighted by Gasteiger charge is 2.36. The van der Waals surface area contributed by atoms with Crippen LogP contribution in [0.1, 0.15) is 42.4 Å². The molecule has 0 spiro atoms. The van der Waals surface area contributed by atoms with E-state index in [0.717, 1.165) is 51.2 Å². The predicted octanol–water partition coefficient (Wildman–Crippen LogP) is 7.31. The molecule has 5 rings (SSSR count). The first-order chi connectivity index (χ1) is 22.1. The molecular formula is C36H37BrClN3O4S. The molecule has 1 aliphatic rings. The van der Waals surface area contributed by atoms with Crippen LogP contribution < -0.4 is 9.62 Å². The number of hydrogen-bond acceptors (Lipinski definition) is 4. The van der Waals surface area contributed by atoms with Gasteiger partial charge in [0.2, 0.25) is 11.8 Å². The van der Waals surface area contributed by atoms with E-state index in [1.165, 1.54) is 17.0 Å². The second-order valence-corrected chi connectivity index (χ2v) is 14.8.